The van der Waals surface area contributed by atoms with Crippen molar-refractivity contribution in [3.63, 3.8) is 0 Å². The van der Waals surface area contributed by atoms with Gasteiger partial charge in [0, 0.05) is 11.6 Å². The number of rotatable bonds is 4. The largest absolute Gasteiger partial charge is 0.393 e. The summed E-state index contributed by atoms with van der Waals surface area (Å²) in [4.78, 5) is 0. The lowest BCUT2D eigenvalue weighted by Gasteiger charge is -2.25. The van der Waals surface area contributed by atoms with Gasteiger partial charge in [0.2, 0.25) is 0 Å². The molecule has 2 nitrogen and oxygen atoms in total. The molecule has 0 amide bonds. The SMILES string of the molecule is Cc1ccc(CNCC2CCC(O)CC2)cc1Cl. The average Bonchev–Trinajstić information content (AvgIpc) is 2.36. The average molecular weight is 268 g/mol. The van der Waals surface area contributed by atoms with Gasteiger partial charge in [0.15, 0.2) is 0 Å². The Morgan fingerprint density at radius 3 is 2.67 bits per heavy atom. The van der Waals surface area contributed by atoms with Gasteiger partial charge in [-0.1, -0.05) is 23.7 Å². The molecule has 0 aliphatic heterocycles. The van der Waals surface area contributed by atoms with Crippen LogP contribution in [-0.2, 0) is 6.54 Å². The Balaban J connectivity index is 1.73. The van der Waals surface area contributed by atoms with Gasteiger partial charge in [-0.2, -0.15) is 0 Å². The summed E-state index contributed by atoms with van der Waals surface area (Å²) in [7, 11) is 0. The fourth-order valence-corrected chi connectivity index (χ4v) is 2.72. The van der Waals surface area contributed by atoms with Crippen LogP contribution >= 0.6 is 11.6 Å². The Kier molecular flexibility index (Phi) is 5.04. The van der Waals surface area contributed by atoms with Crippen molar-refractivity contribution in [1.29, 1.82) is 0 Å². The number of halogens is 1. The maximum Gasteiger partial charge on any atom is 0.0540 e. The highest BCUT2D eigenvalue weighted by atomic mass is 35.5. The Labute approximate surface area is 114 Å². The lowest BCUT2D eigenvalue weighted by molar-refractivity contribution is 0.108. The van der Waals surface area contributed by atoms with Crippen molar-refractivity contribution in [2.45, 2.75) is 45.3 Å². The molecule has 0 unspecified atom stereocenters. The van der Waals surface area contributed by atoms with Crippen LogP contribution in [-0.4, -0.2) is 17.8 Å². The number of aliphatic hydroxyl groups excluding tert-OH is 1. The molecule has 1 fully saturated rings. The van der Waals surface area contributed by atoms with Crippen LogP contribution in [0.1, 0.15) is 36.8 Å². The third kappa shape index (κ3) is 3.98. The highest BCUT2D eigenvalue weighted by Gasteiger charge is 2.18. The van der Waals surface area contributed by atoms with Crippen LogP contribution in [0.25, 0.3) is 0 Å². The van der Waals surface area contributed by atoms with E-state index in [-0.39, 0.29) is 6.10 Å². The lowest BCUT2D eigenvalue weighted by atomic mass is 9.87. The molecule has 0 spiro atoms. The smallest absolute Gasteiger partial charge is 0.0540 e. The van der Waals surface area contributed by atoms with Gasteiger partial charge in [-0.25, -0.2) is 0 Å². The molecule has 0 atom stereocenters. The molecule has 2 N–H and O–H groups in total. The van der Waals surface area contributed by atoms with E-state index in [0.29, 0.717) is 5.92 Å². The van der Waals surface area contributed by atoms with Crippen LogP contribution < -0.4 is 5.32 Å². The molecule has 100 valence electrons. The molecule has 0 radical (unpaired) electrons. The second kappa shape index (κ2) is 6.55. The first-order valence-corrected chi connectivity index (χ1v) is 7.17. The number of hydrogen-bond acceptors (Lipinski definition) is 2. The van der Waals surface area contributed by atoms with Crippen molar-refractivity contribution in [3.05, 3.63) is 34.3 Å². The van der Waals surface area contributed by atoms with E-state index in [2.05, 4.69) is 17.4 Å². The van der Waals surface area contributed by atoms with Gasteiger partial charge in [-0.3, -0.25) is 0 Å². The van der Waals surface area contributed by atoms with Crippen molar-refractivity contribution in [3.8, 4) is 0 Å². The van der Waals surface area contributed by atoms with E-state index in [4.69, 9.17) is 11.6 Å². The fraction of sp³-hybridized carbons (Fsp3) is 0.600. The number of aliphatic hydroxyl groups is 1. The molecular formula is C15H22ClNO. The minimum Gasteiger partial charge on any atom is -0.393 e. The summed E-state index contributed by atoms with van der Waals surface area (Å²) in [5.41, 5.74) is 2.36. The van der Waals surface area contributed by atoms with E-state index in [0.717, 1.165) is 49.4 Å². The topological polar surface area (TPSA) is 32.3 Å². The molecule has 3 heteroatoms. The zero-order chi connectivity index (χ0) is 13.0. The summed E-state index contributed by atoms with van der Waals surface area (Å²) in [5.74, 6) is 0.717. The molecule has 1 aromatic rings. The first-order valence-electron chi connectivity index (χ1n) is 6.79. The summed E-state index contributed by atoms with van der Waals surface area (Å²) >= 11 is 6.10. The van der Waals surface area contributed by atoms with E-state index in [9.17, 15) is 5.11 Å². The van der Waals surface area contributed by atoms with Gasteiger partial charge in [0.05, 0.1) is 6.10 Å². The predicted octanol–water partition coefficient (Wildman–Crippen LogP) is 3.29. The number of aryl methyl sites for hydroxylation is 1. The van der Waals surface area contributed by atoms with Gasteiger partial charge in [-0.05, 0) is 62.3 Å². The maximum absolute atomic E-state index is 9.45. The van der Waals surface area contributed by atoms with Crippen LogP contribution in [0, 0.1) is 12.8 Å². The summed E-state index contributed by atoms with van der Waals surface area (Å²) in [6, 6.07) is 6.23. The van der Waals surface area contributed by atoms with Gasteiger partial charge in [0.25, 0.3) is 0 Å². The maximum atomic E-state index is 9.45. The first kappa shape index (κ1) is 13.9. The third-order valence-corrected chi connectivity index (χ3v) is 4.22. The van der Waals surface area contributed by atoms with Gasteiger partial charge in [-0.15, -0.1) is 0 Å². The second-order valence-corrected chi connectivity index (χ2v) is 5.80. The van der Waals surface area contributed by atoms with Crippen molar-refractivity contribution < 1.29 is 5.11 Å². The van der Waals surface area contributed by atoms with E-state index in [1.807, 2.05) is 13.0 Å². The van der Waals surface area contributed by atoms with Crippen LogP contribution in [0.2, 0.25) is 5.02 Å². The Bertz CT molecular complexity index is 386. The van der Waals surface area contributed by atoms with Crippen LogP contribution in [0.4, 0.5) is 0 Å². The van der Waals surface area contributed by atoms with E-state index in [1.165, 1.54) is 5.56 Å². The molecule has 0 heterocycles. The second-order valence-electron chi connectivity index (χ2n) is 5.39. The van der Waals surface area contributed by atoms with E-state index >= 15 is 0 Å². The molecule has 0 bridgehead atoms. The molecule has 0 saturated heterocycles. The fourth-order valence-electron chi connectivity index (χ4n) is 2.52. The summed E-state index contributed by atoms with van der Waals surface area (Å²) in [5, 5.41) is 13.8. The van der Waals surface area contributed by atoms with E-state index < -0.39 is 0 Å². The summed E-state index contributed by atoms with van der Waals surface area (Å²) in [6.07, 6.45) is 4.15. The predicted molar refractivity (Wildman–Crippen MR) is 75.9 cm³/mol. The molecule has 1 aliphatic rings. The monoisotopic (exact) mass is 267 g/mol. The summed E-state index contributed by atoms with van der Waals surface area (Å²) < 4.78 is 0. The Morgan fingerprint density at radius 2 is 2.00 bits per heavy atom. The van der Waals surface area contributed by atoms with Crippen molar-refractivity contribution in [2.24, 2.45) is 5.92 Å². The Hall–Kier alpha value is -0.570. The minimum absolute atomic E-state index is 0.0582. The molecule has 18 heavy (non-hydrogen) atoms. The number of benzene rings is 1. The molecular weight excluding hydrogens is 246 g/mol. The molecule has 1 aliphatic carbocycles. The van der Waals surface area contributed by atoms with Crippen LogP contribution in [0.3, 0.4) is 0 Å². The highest BCUT2D eigenvalue weighted by Crippen LogP contribution is 2.23. The molecule has 1 aromatic carbocycles. The van der Waals surface area contributed by atoms with Crippen molar-refractivity contribution in [2.75, 3.05) is 6.54 Å². The first-order chi connectivity index (χ1) is 8.65. The number of hydrogen-bond donors (Lipinski definition) is 2. The number of nitrogens with one attached hydrogen (secondary N) is 1. The van der Waals surface area contributed by atoms with Gasteiger partial charge in [0.1, 0.15) is 0 Å². The van der Waals surface area contributed by atoms with Crippen molar-refractivity contribution >= 4 is 11.6 Å². The highest BCUT2D eigenvalue weighted by molar-refractivity contribution is 6.31. The van der Waals surface area contributed by atoms with Crippen molar-refractivity contribution in [1.82, 2.24) is 5.32 Å². The molecule has 2 rings (SSSR count). The zero-order valence-electron chi connectivity index (χ0n) is 11.0. The normalized spacial score (nSPS) is 24.2. The molecule has 0 aromatic heterocycles. The van der Waals surface area contributed by atoms with Crippen LogP contribution in [0.15, 0.2) is 18.2 Å². The Morgan fingerprint density at radius 1 is 1.28 bits per heavy atom. The zero-order valence-corrected chi connectivity index (χ0v) is 11.7. The third-order valence-electron chi connectivity index (χ3n) is 3.81. The summed E-state index contributed by atoms with van der Waals surface area (Å²) in [6.45, 7) is 3.93. The van der Waals surface area contributed by atoms with E-state index in [1.54, 1.807) is 0 Å². The lowest BCUT2D eigenvalue weighted by Crippen LogP contribution is -2.27. The van der Waals surface area contributed by atoms with Gasteiger partial charge >= 0.3 is 0 Å². The van der Waals surface area contributed by atoms with Crippen LogP contribution in [0.5, 0.6) is 0 Å². The van der Waals surface area contributed by atoms with Gasteiger partial charge < -0.3 is 10.4 Å². The molecule has 1 saturated carbocycles. The quantitative estimate of drug-likeness (QED) is 0.877. The minimum atomic E-state index is -0.0582. The standard InChI is InChI=1S/C15H22ClNO/c1-11-2-3-13(8-15(11)16)10-17-9-12-4-6-14(18)7-5-12/h2-3,8,12,14,17-18H,4-7,9-10H2,1H3.